The SMILES string of the molecule is CC(C)C#CCN1CCOCC12CC2. The van der Waals surface area contributed by atoms with E-state index < -0.39 is 0 Å². The summed E-state index contributed by atoms with van der Waals surface area (Å²) in [7, 11) is 0. The minimum absolute atomic E-state index is 0.393. The molecular formula is C12H19NO. The molecule has 0 amide bonds. The number of hydrogen-bond acceptors (Lipinski definition) is 2. The zero-order chi connectivity index (χ0) is 10.0. The molecule has 0 unspecified atom stereocenters. The first-order valence-corrected chi connectivity index (χ1v) is 5.54. The van der Waals surface area contributed by atoms with Crippen LogP contribution in [0.3, 0.4) is 0 Å². The van der Waals surface area contributed by atoms with Gasteiger partial charge in [0.25, 0.3) is 0 Å². The molecule has 1 saturated heterocycles. The van der Waals surface area contributed by atoms with E-state index in [0.29, 0.717) is 11.5 Å². The standard InChI is InChI=1S/C12H19NO/c1-11(2)4-3-7-13-8-9-14-10-12(13)5-6-12/h11H,5-10H2,1-2H3. The lowest BCUT2D eigenvalue weighted by molar-refractivity contribution is -0.0132. The molecule has 0 aromatic carbocycles. The highest BCUT2D eigenvalue weighted by molar-refractivity contribution is 5.11. The minimum atomic E-state index is 0.393. The summed E-state index contributed by atoms with van der Waals surface area (Å²) in [5, 5.41) is 0. The van der Waals surface area contributed by atoms with Crippen molar-refractivity contribution in [3.63, 3.8) is 0 Å². The molecule has 0 radical (unpaired) electrons. The quantitative estimate of drug-likeness (QED) is 0.585. The first-order chi connectivity index (χ1) is 6.73. The molecule has 1 aliphatic heterocycles. The fraction of sp³-hybridized carbons (Fsp3) is 0.833. The van der Waals surface area contributed by atoms with E-state index >= 15 is 0 Å². The molecule has 0 aromatic heterocycles. The van der Waals surface area contributed by atoms with Crippen molar-refractivity contribution in [3.05, 3.63) is 0 Å². The number of morpholine rings is 1. The molecule has 14 heavy (non-hydrogen) atoms. The van der Waals surface area contributed by atoms with E-state index in [1.54, 1.807) is 0 Å². The van der Waals surface area contributed by atoms with Crippen LogP contribution >= 0.6 is 0 Å². The van der Waals surface area contributed by atoms with Crippen molar-refractivity contribution in [2.45, 2.75) is 32.2 Å². The largest absolute Gasteiger partial charge is 0.378 e. The fourth-order valence-electron chi connectivity index (χ4n) is 1.96. The maximum Gasteiger partial charge on any atom is 0.0651 e. The van der Waals surface area contributed by atoms with E-state index in [4.69, 9.17) is 4.74 Å². The van der Waals surface area contributed by atoms with Crippen LogP contribution in [0.5, 0.6) is 0 Å². The van der Waals surface area contributed by atoms with E-state index in [-0.39, 0.29) is 0 Å². The summed E-state index contributed by atoms with van der Waals surface area (Å²) in [6, 6.07) is 0. The van der Waals surface area contributed by atoms with Gasteiger partial charge in [0.2, 0.25) is 0 Å². The highest BCUT2D eigenvalue weighted by Crippen LogP contribution is 2.43. The molecule has 2 nitrogen and oxygen atoms in total. The zero-order valence-electron chi connectivity index (χ0n) is 9.18. The number of ether oxygens (including phenoxy) is 1. The first kappa shape index (κ1) is 10.0. The Labute approximate surface area is 86.6 Å². The van der Waals surface area contributed by atoms with Crippen LogP contribution in [0.2, 0.25) is 0 Å². The summed E-state index contributed by atoms with van der Waals surface area (Å²) in [5.74, 6) is 6.99. The molecule has 0 bridgehead atoms. The smallest absolute Gasteiger partial charge is 0.0651 e. The molecule has 1 aliphatic carbocycles. The van der Waals surface area contributed by atoms with Crippen molar-refractivity contribution >= 4 is 0 Å². The van der Waals surface area contributed by atoms with E-state index in [2.05, 4.69) is 30.6 Å². The van der Waals surface area contributed by atoms with Crippen molar-refractivity contribution in [2.24, 2.45) is 5.92 Å². The summed E-state index contributed by atoms with van der Waals surface area (Å²) >= 11 is 0. The van der Waals surface area contributed by atoms with Crippen LogP contribution in [0.1, 0.15) is 26.7 Å². The van der Waals surface area contributed by atoms with Crippen LogP contribution in [0, 0.1) is 17.8 Å². The van der Waals surface area contributed by atoms with Crippen molar-refractivity contribution in [3.8, 4) is 11.8 Å². The lowest BCUT2D eigenvalue weighted by atomic mass is 10.2. The molecule has 1 saturated carbocycles. The molecule has 1 heterocycles. The molecule has 2 rings (SSSR count). The normalized spacial score (nSPS) is 24.8. The molecular weight excluding hydrogens is 174 g/mol. The minimum Gasteiger partial charge on any atom is -0.378 e. The van der Waals surface area contributed by atoms with E-state index in [1.165, 1.54) is 12.8 Å². The van der Waals surface area contributed by atoms with E-state index in [1.807, 2.05) is 0 Å². The second-order valence-corrected chi connectivity index (χ2v) is 4.67. The highest BCUT2D eigenvalue weighted by Gasteiger charge is 2.49. The van der Waals surface area contributed by atoms with Gasteiger partial charge in [0.05, 0.1) is 19.8 Å². The molecule has 2 aliphatic rings. The average Bonchev–Trinajstić information content (AvgIpc) is 2.89. The molecule has 2 fully saturated rings. The first-order valence-electron chi connectivity index (χ1n) is 5.54. The number of rotatable bonds is 1. The lowest BCUT2D eigenvalue weighted by Gasteiger charge is -2.34. The Hall–Kier alpha value is -0.520. The molecule has 2 heteroatoms. The summed E-state index contributed by atoms with van der Waals surface area (Å²) < 4.78 is 5.52. The topological polar surface area (TPSA) is 12.5 Å². The van der Waals surface area contributed by atoms with Gasteiger partial charge in [-0.15, -0.1) is 0 Å². The van der Waals surface area contributed by atoms with Crippen LogP contribution < -0.4 is 0 Å². The van der Waals surface area contributed by atoms with Crippen molar-refractivity contribution in [2.75, 3.05) is 26.3 Å². The van der Waals surface area contributed by atoms with Crippen LogP contribution in [0.4, 0.5) is 0 Å². The third-order valence-electron chi connectivity index (χ3n) is 3.03. The number of hydrogen-bond donors (Lipinski definition) is 0. The Morgan fingerprint density at radius 3 is 2.86 bits per heavy atom. The Morgan fingerprint density at radius 1 is 1.43 bits per heavy atom. The van der Waals surface area contributed by atoms with Crippen LogP contribution in [-0.2, 0) is 4.74 Å². The second kappa shape index (κ2) is 3.92. The van der Waals surface area contributed by atoms with Crippen molar-refractivity contribution in [1.29, 1.82) is 0 Å². The monoisotopic (exact) mass is 193 g/mol. The van der Waals surface area contributed by atoms with Gasteiger partial charge in [0.15, 0.2) is 0 Å². The van der Waals surface area contributed by atoms with E-state index in [0.717, 1.165) is 26.3 Å². The van der Waals surface area contributed by atoms with Gasteiger partial charge in [-0.3, -0.25) is 4.90 Å². The van der Waals surface area contributed by atoms with Gasteiger partial charge in [-0.05, 0) is 12.8 Å². The third kappa shape index (κ3) is 2.10. The Balaban J connectivity index is 1.88. The predicted octanol–water partition coefficient (Wildman–Crippen LogP) is 1.51. The molecule has 0 atom stereocenters. The van der Waals surface area contributed by atoms with Crippen LogP contribution in [0.25, 0.3) is 0 Å². The molecule has 78 valence electrons. The molecule has 0 aromatic rings. The molecule has 0 N–H and O–H groups in total. The zero-order valence-corrected chi connectivity index (χ0v) is 9.18. The summed E-state index contributed by atoms with van der Waals surface area (Å²) in [5.41, 5.74) is 0.393. The average molecular weight is 193 g/mol. The van der Waals surface area contributed by atoms with Crippen molar-refractivity contribution in [1.82, 2.24) is 4.90 Å². The van der Waals surface area contributed by atoms with Gasteiger partial charge in [-0.2, -0.15) is 0 Å². The van der Waals surface area contributed by atoms with Crippen molar-refractivity contribution < 1.29 is 4.74 Å². The lowest BCUT2D eigenvalue weighted by Crippen LogP contribution is -2.47. The van der Waals surface area contributed by atoms with E-state index in [9.17, 15) is 0 Å². The fourth-order valence-corrected chi connectivity index (χ4v) is 1.96. The number of nitrogens with zero attached hydrogens (tertiary/aromatic N) is 1. The van der Waals surface area contributed by atoms with Gasteiger partial charge >= 0.3 is 0 Å². The van der Waals surface area contributed by atoms with Gasteiger partial charge < -0.3 is 4.74 Å². The predicted molar refractivity (Wildman–Crippen MR) is 57.0 cm³/mol. The van der Waals surface area contributed by atoms with Crippen LogP contribution in [0.15, 0.2) is 0 Å². The third-order valence-corrected chi connectivity index (χ3v) is 3.03. The van der Waals surface area contributed by atoms with Gasteiger partial charge in [0.1, 0.15) is 0 Å². The Morgan fingerprint density at radius 2 is 2.21 bits per heavy atom. The van der Waals surface area contributed by atoms with Crippen LogP contribution in [-0.4, -0.2) is 36.7 Å². The second-order valence-electron chi connectivity index (χ2n) is 4.67. The summed E-state index contributed by atoms with van der Waals surface area (Å²) in [4.78, 5) is 2.51. The van der Waals surface area contributed by atoms with Gasteiger partial charge in [-0.1, -0.05) is 25.7 Å². The summed E-state index contributed by atoms with van der Waals surface area (Å²) in [6.45, 7) is 8.08. The van der Waals surface area contributed by atoms with Gasteiger partial charge in [0, 0.05) is 18.0 Å². The highest BCUT2D eigenvalue weighted by atomic mass is 16.5. The molecule has 1 spiro atoms. The Kier molecular flexibility index (Phi) is 2.80. The summed E-state index contributed by atoms with van der Waals surface area (Å²) in [6.07, 6.45) is 2.60. The maximum absolute atomic E-state index is 5.52. The van der Waals surface area contributed by atoms with Gasteiger partial charge in [-0.25, -0.2) is 0 Å². The Bertz CT molecular complexity index is 257. The maximum atomic E-state index is 5.52.